The van der Waals surface area contributed by atoms with Crippen molar-refractivity contribution in [2.45, 2.75) is 51.7 Å². The number of carbonyl (C=O) groups is 1. The molecule has 0 spiro atoms. The molecule has 0 radical (unpaired) electrons. The van der Waals surface area contributed by atoms with Gasteiger partial charge >= 0.3 is 0 Å². The van der Waals surface area contributed by atoms with Crippen molar-refractivity contribution in [3.05, 3.63) is 52.6 Å². The van der Waals surface area contributed by atoms with Crippen molar-refractivity contribution in [3.63, 3.8) is 0 Å². The zero-order chi connectivity index (χ0) is 19.6. The number of amides is 1. The second-order valence-electron chi connectivity index (χ2n) is 7.99. The van der Waals surface area contributed by atoms with Crippen molar-refractivity contribution in [1.29, 1.82) is 5.26 Å². The maximum absolute atomic E-state index is 12.7. The van der Waals surface area contributed by atoms with Gasteiger partial charge in [0.15, 0.2) is 5.49 Å². The first-order chi connectivity index (χ1) is 12.8. The molecule has 1 atom stereocenters. The number of carbonyl (C=O) groups excluding carboxylic acids is 1. The van der Waals surface area contributed by atoms with Gasteiger partial charge in [-0.2, -0.15) is 10.3 Å². The molecule has 1 amide bonds. The van der Waals surface area contributed by atoms with Crippen LogP contribution in [0.4, 0.5) is 0 Å². The lowest BCUT2D eigenvalue weighted by atomic mass is 9.92. The van der Waals surface area contributed by atoms with Crippen LogP contribution in [0.25, 0.3) is 0 Å². The number of hydrogen-bond acceptors (Lipinski definition) is 3. The van der Waals surface area contributed by atoms with Crippen LogP contribution in [0, 0.1) is 11.3 Å². The van der Waals surface area contributed by atoms with E-state index in [2.05, 4.69) is 36.5 Å². The molecule has 0 aliphatic carbocycles. The first-order valence-corrected chi connectivity index (χ1v) is 9.28. The fraction of sp³-hybridized carbons (Fsp3) is 0.476. The van der Waals surface area contributed by atoms with Crippen LogP contribution < -0.4 is 5.49 Å². The van der Waals surface area contributed by atoms with Gasteiger partial charge < -0.3 is 4.74 Å². The normalized spacial score (nSPS) is 17.9. The summed E-state index contributed by atoms with van der Waals surface area (Å²) >= 11 is 0. The quantitative estimate of drug-likeness (QED) is 0.838. The summed E-state index contributed by atoms with van der Waals surface area (Å²) < 4.78 is 9.87. The number of nitriles is 1. The Morgan fingerprint density at radius 2 is 2.15 bits per heavy atom. The molecule has 1 fully saturated rings. The molecule has 1 saturated heterocycles. The largest absolute Gasteiger partial charge is 0.376 e. The Bertz CT molecular complexity index is 948. The van der Waals surface area contributed by atoms with Gasteiger partial charge in [0.2, 0.25) is 0 Å². The van der Waals surface area contributed by atoms with E-state index in [-0.39, 0.29) is 17.4 Å². The summed E-state index contributed by atoms with van der Waals surface area (Å²) in [5, 5.41) is 9.05. The van der Waals surface area contributed by atoms with Crippen molar-refractivity contribution >= 4 is 5.91 Å². The Labute approximate surface area is 159 Å². The van der Waals surface area contributed by atoms with Crippen molar-refractivity contribution < 1.29 is 9.53 Å². The van der Waals surface area contributed by atoms with Crippen LogP contribution >= 0.6 is 0 Å². The molecule has 1 aromatic carbocycles. The molecule has 1 aliphatic rings. The minimum absolute atomic E-state index is 0.0788. The van der Waals surface area contributed by atoms with Crippen LogP contribution in [0.2, 0.25) is 0 Å². The highest BCUT2D eigenvalue weighted by molar-refractivity contribution is 5.95. The Kier molecular flexibility index (Phi) is 5.33. The number of aromatic nitrogens is 2. The van der Waals surface area contributed by atoms with E-state index in [1.165, 1.54) is 0 Å². The molecule has 0 bridgehead atoms. The molecule has 1 aromatic heterocycles. The second kappa shape index (κ2) is 7.53. The third-order valence-electron chi connectivity index (χ3n) is 4.86. The number of rotatable bonds is 3. The minimum Gasteiger partial charge on any atom is -0.376 e. The summed E-state index contributed by atoms with van der Waals surface area (Å²) in [6, 6.07) is 10.7. The van der Waals surface area contributed by atoms with E-state index >= 15 is 0 Å². The molecular weight excluding hydrogens is 340 g/mol. The lowest BCUT2D eigenvalue weighted by Crippen LogP contribution is -2.30. The van der Waals surface area contributed by atoms with Crippen LogP contribution in [0.15, 0.2) is 35.3 Å². The highest BCUT2D eigenvalue weighted by Crippen LogP contribution is 2.21. The van der Waals surface area contributed by atoms with E-state index in [1.54, 1.807) is 24.3 Å². The summed E-state index contributed by atoms with van der Waals surface area (Å²) in [5.41, 5.74) is 2.50. The maximum atomic E-state index is 12.7. The third-order valence-corrected chi connectivity index (χ3v) is 4.86. The molecule has 0 unspecified atom stereocenters. The molecule has 142 valence electrons. The van der Waals surface area contributed by atoms with E-state index in [1.807, 2.05) is 17.8 Å². The lowest BCUT2D eigenvalue weighted by molar-refractivity contribution is 0.0885. The predicted octanol–water partition coefficient (Wildman–Crippen LogP) is 2.92. The first kappa shape index (κ1) is 19.1. The first-order valence-electron chi connectivity index (χ1n) is 9.28. The fourth-order valence-electron chi connectivity index (χ4n) is 3.45. The fourth-order valence-corrected chi connectivity index (χ4v) is 3.45. The van der Waals surface area contributed by atoms with Crippen LogP contribution in [-0.4, -0.2) is 28.0 Å². The SMILES string of the molecule is Cn1c(C(C)(C)C)cc(=NC(=O)c2cccc(C#N)c2)n1C[C@H]1CCCO1. The van der Waals surface area contributed by atoms with Crippen molar-refractivity contribution in [2.24, 2.45) is 12.0 Å². The summed E-state index contributed by atoms with van der Waals surface area (Å²) in [4.78, 5) is 17.1. The van der Waals surface area contributed by atoms with E-state index < -0.39 is 0 Å². The highest BCUT2D eigenvalue weighted by atomic mass is 16.5. The van der Waals surface area contributed by atoms with Crippen molar-refractivity contribution in [1.82, 2.24) is 9.36 Å². The molecular formula is C21H26N4O2. The zero-order valence-corrected chi connectivity index (χ0v) is 16.4. The molecule has 3 rings (SSSR count). The summed E-state index contributed by atoms with van der Waals surface area (Å²) in [6.45, 7) is 7.87. The molecule has 2 heterocycles. The maximum Gasteiger partial charge on any atom is 0.279 e. The zero-order valence-electron chi connectivity index (χ0n) is 16.4. The van der Waals surface area contributed by atoms with Crippen molar-refractivity contribution in [3.8, 4) is 6.07 Å². The van der Waals surface area contributed by atoms with E-state index in [0.717, 1.165) is 25.1 Å². The van der Waals surface area contributed by atoms with Gasteiger partial charge in [-0.1, -0.05) is 26.8 Å². The summed E-state index contributed by atoms with van der Waals surface area (Å²) in [5.74, 6) is -0.348. The molecule has 0 N–H and O–H groups in total. The Morgan fingerprint density at radius 1 is 1.37 bits per heavy atom. The second-order valence-corrected chi connectivity index (χ2v) is 7.99. The van der Waals surface area contributed by atoms with Crippen LogP contribution in [0.1, 0.15) is 55.2 Å². The molecule has 0 saturated carbocycles. The van der Waals surface area contributed by atoms with Gasteiger partial charge in [-0.05, 0) is 31.0 Å². The predicted molar refractivity (Wildman–Crippen MR) is 102 cm³/mol. The Balaban J connectivity index is 2.05. The van der Waals surface area contributed by atoms with Gasteiger partial charge in [-0.15, -0.1) is 0 Å². The molecule has 27 heavy (non-hydrogen) atoms. The topological polar surface area (TPSA) is 72.3 Å². The lowest BCUT2D eigenvalue weighted by Gasteiger charge is -2.21. The highest BCUT2D eigenvalue weighted by Gasteiger charge is 2.23. The standard InChI is InChI=1S/C21H26N4O2/c1-21(2,3)18-12-19(25(24(18)4)14-17-9-6-10-27-17)23-20(26)16-8-5-7-15(11-16)13-22/h5,7-8,11-12,17H,6,9-10,14H2,1-4H3/t17-/m1/s1. The third kappa shape index (κ3) is 4.20. The van der Waals surface area contributed by atoms with Crippen LogP contribution in [0.3, 0.4) is 0 Å². The van der Waals surface area contributed by atoms with Crippen molar-refractivity contribution in [2.75, 3.05) is 6.61 Å². The molecule has 1 aliphatic heterocycles. The molecule has 6 heteroatoms. The van der Waals surface area contributed by atoms with Gasteiger partial charge in [0, 0.05) is 36.4 Å². The number of benzene rings is 1. The summed E-state index contributed by atoms with van der Waals surface area (Å²) in [6.07, 6.45) is 2.22. The Hall–Kier alpha value is -2.65. The van der Waals surface area contributed by atoms with Gasteiger partial charge in [-0.3, -0.25) is 14.2 Å². The number of nitrogens with zero attached hydrogens (tertiary/aromatic N) is 4. The smallest absolute Gasteiger partial charge is 0.279 e. The van der Waals surface area contributed by atoms with E-state index in [9.17, 15) is 4.79 Å². The van der Waals surface area contributed by atoms with Gasteiger partial charge in [0.25, 0.3) is 5.91 Å². The van der Waals surface area contributed by atoms with E-state index in [4.69, 9.17) is 10.00 Å². The molecule has 2 aromatic rings. The molecule has 6 nitrogen and oxygen atoms in total. The van der Waals surface area contributed by atoms with Gasteiger partial charge in [-0.25, -0.2) is 0 Å². The Morgan fingerprint density at radius 3 is 2.78 bits per heavy atom. The van der Waals surface area contributed by atoms with Crippen LogP contribution in [0.5, 0.6) is 0 Å². The number of hydrogen-bond donors (Lipinski definition) is 0. The average molecular weight is 366 g/mol. The van der Waals surface area contributed by atoms with Gasteiger partial charge in [0.1, 0.15) is 0 Å². The van der Waals surface area contributed by atoms with Gasteiger partial charge in [0.05, 0.1) is 24.3 Å². The van der Waals surface area contributed by atoms with Crippen LogP contribution in [-0.2, 0) is 23.7 Å². The minimum atomic E-state index is -0.348. The summed E-state index contributed by atoms with van der Waals surface area (Å²) in [7, 11) is 2.00. The monoisotopic (exact) mass is 366 g/mol. The number of ether oxygens (including phenoxy) is 1. The van der Waals surface area contributed by atoms with E-state index in [0.29, 0.717) is 23.2 Å². The average Bonchev–Trinajstić information content (AvgIpc) is 3.25.